The van der Waals surface area contributed by atoms with Gasteiger partial charge in [-0.25, -0.2) is 0 Å². The van der Waals surface area contributed by atoms with Gasteiger partial charge in [0.2, 0.25) is 5.91 Å². The molecule has 1 fully saturated rings. The van der Waals surface area contributed by atoms with Crippen molar-refractivity contribution in [2.75, 3.05) is 13.1 Å². The van der Waals surface area contributed by atoms with Gasteiger partial charge >= 0.3 is 0 Å². The molecule has 0 spiro atoms. The van der Waals surface area contributed by atoms with Crippen molar-refractivity contribution < 1.29 is 4.79 Å². The molecule has 0 radical (unpaired) electrons. The molecule has 0 bridgehead atoms. The third kappa shape index (κ3) is 2.52. The second-order valence-electron chi connectivity index (χ2n) is 6.83. The second-order valence-corrected chi connectivity index (χ2v) is 6.83. The van der Waals surface area contributed by atoms with E-state index in [1.54, 1.807) is 0 Å². The Morgan fingerprint density at radius 2 is 1.89 bits per heavy atom. The monoisotopic (exact) mass is 260 g/mol. The van der Waals surface area contributed by atoms with Crippen molar-refractivity contribution in [3.63, 3.8) is 0 Å². The quantitative estimate of drug-likeness (QED) is 0.854. The van der Waals surface area contributed by atoms with E-state index in [0.717, 1.165) is 6.54 Å². The fourth-order valence-electron chi connectivity index (χ4n) is 2.89. The third-order valence-electron chi connectivity index (χ3n) is 4.36. The zero-order valence-electron chi connectivity index (χ0n) is 12.3. The Labute approximate surface area is 115 Å². The molecule has 19 heavy (non-hydrogen) atoms. The molecule has 1 aliphatic heterocycles. The lowest BCUT2D eigenvalue weighted by atomic mass is 9.73. The van der Waals surface area contributed by atoms with Crippen LogP contribution < -0.4 is 11.1 Å². The molecule has 1 heterocycles. The lowest BCUT2D eigenvalue weighted by molar-refractivity contribution is -0.122. The molecule has 3 N–H and O–H groups in total. The summed E-state index contributed by atoms with van der Waals surface area (Å²) in [6.07, 6.45) is 0. The number of hydrogen-bond donors (Lipinski definition) is 2. The standard InChI is InChI=1S/C16H24N2O/c1-15(2,3)11-5-7-12(8-6-11)16(4)10-18-9-13(16)14(17)19/h5-8,13,18H,9-10H2,1-4H3,(H2,17,19). The molecule has 1 aliphatic rings. The van der Waals surface area contributed by atoms with Crippen LogP contribution in [0.5, 0.6) is 0 Å². The minimum atomic E-state index is -0.215. The predicted octanol–water partition coefficient (Wildman–Crippen LogP) is 1.95. The van der Waals surface area contributed by atoms with Gasteiger partial charge in [-0.15, -0.1) is 0 Å². The Morgan fingerprint density at radius 1 is 1.32 bits per heavy atom. The number of rotatable bonds is 2. The fraction of sp³-hybridized carbons (Fsp3) is 0.562. The van der Waals surface area contributed by atoms with Crippen LogP contribution in [-0.2, 0) is 15.6 Å². The van der Waals surface area contributed by atoms with Crippen molar-refractivity contribution in [2.24, 2.45) is 11.7 Å². The predicted molar refractivity (Wildman–Crippen MR) is 78.0 cm³/mol. The molecule has 2 unspecified atom stereocenters. The maximum absolute atomic E-state index is 11.6. The minimum absolute atomic E-state index is 0.131. The van der Waals surface area contributed by atoms with Crippen molar-refractivity contribution in [1.29, 1.82) is 0 Å². The van der Waals surface area contributed by atoms with Crippen molar-refractivity contribution >= 4 is 5.91 Å². The van der Waals surface area contributed by atoms with Crippen LogP contribution in [0.3, 0.4) is 0 Å². The van der Waals surface area contributed by atoms with Crippen LogP contribution in [0.2, 0.25) is 0 Å². The summed E-state index contributed by atoms with van der Waals surface area (Å²) in [6.45, 7) is 10.2. The Hall–Kier alpha value is -1.35. The normalized spacial score (nSPS) is 27.5. The molecular weight excluding hydrogens is 236 g/mol. The van der Waals surface area contributed by atoms with Gasteiger partial charge in [-0.05, 0) is 16.5 Å². The van der Waals surface area contributed by atoms with Crippen LogP contribution in [0.15, 0.2) is 24.3 Å². The average molecular weight is 260 g/mol. The molecule has 2 atom stereocenters. The first kappa shape index (κ1) is 14.1. The Bertz CT molecular complexity index is 473. The van der Waals surface area contributed by atoms with E-state index >= 15 is 0 Å². The first-order valence-electron chi connectivity index (χ1n) is 6.86. The van der Waals surface area contributed by atoms with Crippen LogP contribution in [0, 0.1) is 5.92 Å². The summed E-state index contributed by atoms with van der Waals surface area (Å²) >= 11 is 0. The number of carbonyl (C=O) groups is 1. The van der Waals surface area contributed by atoms with E-state index in [9.17, 15) is 4.79 Å². The van der Waals surface area contributed by atoms with Gasteiger partial charge in [-0.3, -0.25) is 4.79 Å². The summed E-state index contributed by atoms with van der Waals surface area (Å²) < 4.78 is 0. The van der Waals surface area contributed by atoms with Gasteiger partial charge in [0.25, 0.3) is 0 Å². The number of hydrogen-bond acceptors (Lipinski definition) is 2. The molecule has 0 saturated carbocycles. The lowest BCUT2D eigenvalue weighted by Crippen LogP contribution is -2.39. The van der Waals surface area contributed by atoms with Crippen LogP contribution in [0.4, 0.5) is 0 Å². The maximum atomic E-state index is 11.6. The van der Waals surface area contributed by atoms with E-state index in [1.165, 1.54) is 11.1 Å². The van der Waals surface area contributed by atoms with E-state index in [4.69, 9.17) is 5.73 Å². The number of carbonyl (C=O) groups excluding carboxylic acids is 1. The summed E-state index contributed by atoms with van der Waals surface area (Å²) in [7, 11) is 0. The largest absolute Gasteiger partial charge is 0.369 e. The summed E-state index contributed by atoms with van der Waals surface area (Å²) in [5.41, 5.74) is 7.98. The van der Waals surface area contributed by atoms with E-state index in [-0.39, 0.29) is 22.7 Å². The summed E-state index contributed by atoms with van der Waals surface area (Å²) in [5, 5.41) is 3.29. The van der Waals surface area contributed by atoms with E-state index in [1.807, 2.05) is 0 Å². The van der Waals surface area contributed by atoms with E-state index in [2.05, 4.69) is 57.3 Å². The van der Waals surface area contributed by atoms with Gasteiger partial charge in [-0.1, -0.05) is 52.0 Å². The highest BCUT2D eigenvalue weighted by Crippen LogP contribution is 2.36. The highest BCUT2D eigenvalue weighted by molar-refractivity contribution is 5.79. The summed E-state index contributed by atoms with van der Waals surface area (Å²) in [4.78, 5) is 11.6. The molecular formula is C16H24N2O. The van der Waals surface area contributed by atoms with Crippen molar-refractivity contribution in [3.8, 4) is 0 Å². The second kappa shape index (κ2) is 4.64. The molecule has 3 heteroatoms. The molecule has 2 rings (SSSR count). The molecule has 1 saturated heterocycles. The van der Waals surface area contributed by atoms with Gasteiger partial charge in [0, 0.05) is 18.5 Å². The number of nitrogens with two attached hydrogens (primary N) is 1. The topological polar surface area (TPSA) is 55.1 Å². The molecule has 104 valence electrons. The van der Waals surface area contributed by atoms with E-state index in [0.29, 0.717) is 6.54 Å². The minimum Gasteiger partial charge on any atom is -0.369 e. The molecule has 1 aromatic carbocycles. The van der Waals surface area contributed by atoms with Crippen LogP contribution in [0.25, 0.3) is 0 Å². The summed E-state index contributed by atoms with van der Waals surface area (Å²) in [5.74, 6) is -0.347. The first-order valence-corrected chi connectivity index (χ1v) is 6.86. The van der Waals surface area contributed by atoms with Crippen LogP contribution in [0.1, 0.15) is 38.8 Å². The zero-order chi connectivity index (χ0) is 14.3. The van der Waals surface area contributed by atoms with Gasteiger partial charge in [0.1, 0.15) is 0 Å². The third-order valence-corrected chi connectivity index (χ3v) is 4.36. The smallest absolute Gasteiger partial charge is 0.222 e. The molecule has 3 nitrogen and oxygen atoms in total. The fourth-order valence-corrected chi connectivity index (χ4v) is 2.89. The highest BCUT2D eigenvalue weighted by atomic mass is 16.1. The average Bonchev–Trinajstić information content (AvgIpc) is 2.72. The van der Waals surface area contributed by atoms with Gasteiger partial charge in [0.15, 0.2) is 0 Å². The van der Waals surface area contributed by atoms with Crippen molar-refractivity contribution in [1.82, 2.24) is 5.32 Å². The Balaban J connectivity index is 2.34. The highest BCUT2D eigenvalue weighted by Gasteiger charge is 2.43. The first-order chi connectivity index (χ1) is 8.75. The Morgan fingerprint density at radius 3 is 2.37 bits per heavy atom. The molecule has 0 aromatic heterocycles. The number of benzene rings is 1. The SMILES string of the molecule is CC(C)(C)c1ccc(C2(C)CNCC2C(N)=O)cc1. The molecule has 1 amide bonds. The zero-order valence-corrected chi connectivity index (χ0v) is 12.3. The van der Waals surface area contributed by atoms with Crippen molar-refractivity contribution in [3.05, 3.63) is 35.4 Å². The van der Waals surface area contributed by atoms with Crippen LogP contribution >= 0.6 is 0 Å². The van der Waals surface area contributed by atoms with Gasteiger partial charge < -0.3 is 11.1 Å². The number of nitrogens with one attached hydrogen (secondary N) is 1. The Kier molecular flexibility index (Phi) is 3.43. The summed E-state index contributed by atoms with van der Waals surface area (Å²) in [6, 6.07) is 8.61. The maximum Gasteiger partial charge on any atom is 0.222 e. The van der Waals surface area contributed by atoms with Gasteiger partial charge in [-0.2, -0.15) is 0 Å². The number of amides is 1. The van der Waals surface area contributed by atoms with E-state index < -0.39 is 0 Å². The molecule has 1 aromatic rings. The lowest BCUT2D eigenvalue weighted by Gasteiger charge is -2.30. The van der Waals surface area contributed by atoms with Crippen LogP contribution in [-0.4, -0.2) is 19.0 Å². The van der Waals surface area contributed by atoms with Gasteiger partial charge in [0.05, 0.1) is 5.92 Å². The van der Waals surface area contributed by atoms with Crippen molar-refractivity contribution in [2.45, 2.75) is 38.5 Å². The molecule has 0 aliphatic carbocycles. The number of primary amides is 1.